The summed E-state index contributed by atoms with van der Waals surface area (Å²) in [7, 11) is 2.91. The molecule has 1 amide bonds. The SMILES string of the molecule is COc1ccc(N(C)C(=O)c2cc(C)c(OCC(=O)O)c(C)c2)cc1F. The molecular weight excluding hydrogens is 341 g/mol. The van der Waals surface area contributed by atoms with Crippen molar-refractivity contribution in [1.29, 1.82) is 0 Å². The van der Waals surface area contributed by atoms with Gasteiger partial charge < -0.3 is 19.5 Å². The maximum atomic E-state index is 13.9. The topological polar surface area (TPSA) is 76.1 Å². The molecule has 2 rings (SSSR count). The Bertz CT molecular complexity index is 827. The lowest BCUT2D eigenvalue weighted by atomic mass is 10.0. The number of methoxy groups -OCH3 is 1. The quantitative estimate of drug-likeness (QED) is 0.855. The summed E-state index contributed by atoms with van der Waals surface area (Å²) in [5.74, 6) is -1.44. The Morgan fingerprint density at radius 2 is 1.77 bits per heavy atom. The van der Waals surface area contributed by atoms with Crippen molar-refractivity contribution < 1.29 is 28.6 Å². The lowest BCUT2D eigenvalue weighted by Crippen LogP contribution is -2.26. The predicted octanol–water partition coefficient (Wildman–Crippen LogP) is 3.19. The fourth-order valence-electron chi connectivity index (χ4n) is 2.61. The molecule has 26 heavy (non-hydrogen) atoms. The number of carbonyl (C=O) groups is 2. The third kappa shape index (κ3) is 4.11. The van der Waals surface area contributed by atoms with E-state index < -0.39 is 18.4 Å². The molecule has 0 spiro atoms. The Labute approximate surface area is 150 Å². The lowest BCUT2D eigenvalue weighted by Gasteiger charge is -2.19. The number of anilines is 1. The maximum Gasteiger partial charge on any atom is 0.341 e. The van der Waals surface area contributed by atoms with Crippen LogP contribution in [0.2, 0.25) is 0 Å². The van der Waals surface area contributed by atoms with Crippen LogP contribution in [0.5, 0.6) is 11.5 Å². The van der Waals surface area contributed by atoms with Crippen molar-refractivity contribution >= 4 is 17.6 Å². The predicted molar refractivity (Wildman–Crippen MR) is 94.7 cm³/mol. The van der Waals surface area contributed by atoms with Gasteiger partial charge in [-0.25, -0.2) is 9.18 Å². The Balaban J connectivity index is 2.28. The average molecular weight is 361 g/mol. The average Bonchev–Trinajstić information content (AvgIpc) is 2.59. The fourth-order valence-corrected chi connectivity index (χ4v) is 2.61. The number of benzene rings is 2. The first-order valence-corrected chi connectivity index (χ1v) is 7.82. The molecule has 2 aromatic rings. The minimum absolute atomic E-state index is 0.0984. The summed E-state index contributed by atoms with van der Waals surface area (Å²) in [6.07, 6.45) is 0. The van der Waals surface area contributed by atoms with Gasteiger partial charge in [-0.2, -0.15) is 0 Å². The highest BCUT2D eigenvalue weighted by Gasteiger charge is 2.18. The molecule has 0 aliphatic rings. The molecule has 0 aromatic heterocycles. The van der Waals surface area contributed by atoms with Gasteiger partial charge in [-0.15, -0.1) is 0 Å². The minimum Gasteiger partial charge on any atom is -0.494 e. The van der Waals surface area contributed by atoms with Crippen molar-refractivity contribution in [3.05, 3.63) is 52.8 Å². The number of aryl methyl sites for hydroxylation is 2. The molecule has 0 bridgehead atoms. The molecular formula is C19H20FNO5. The largest absolute Gasteiger partial charge is 0.494 e. The van der Waals surface area contributed by atoms with Gasteiger partial charge in [-0.05, 0) is 49.2 Å². The van der Waals surface area contributed by atoms with Gasteiger partial charge in [0.15, 0.2) is 18.2 Å². The highest BCUT2D eigenvalue weighted by molar-refractivity contribution is 6.06. The molecule has 138 valence electrons. The van der Waals surface area contributed by atoms with Crippen molar-refractivity contribution in [3.8, 4) is 11.5 Å². The molecule has 0 radical (unpaired) electrons. The monoisotopic (exact) mass is 361 g/mol. The Morgan fingerprint density at radius 1 is 1.15 bits per heavy atom. The minimum atomic E-state index is -1.08. The number of carbonyl (C=O) groups excluding carboxylic acids is 1. The fraction of sp³-hybridized carbons (Fsp3) is 0.263. The van der Waals surface area contributed by atoms with Crippen LogP contribution in [-0.4, -0.2) is 37.7 Å². The number of carboxylic acids is 1. The zero-order chi connectivity index (χ0) is 19.4. The van der Waals surface area contributed by atoms with Crippen molar-refractivity contribution in [3.63, 3.8) is 0 Å². The first-order valence-electron chi connectivity index (χ1n) is 7.82. The molecule has 0 aliphatic heterocycles. The molecule has 1 N–H and O–H groups in total. The summed E-state index contributed by atoms with van der Waals surface area (Å²) in [5.41, 5.74) is 2.06. The van der Waals surface area contributed by atoms with Crippen LogP contribution in [0, 0.1) is 19.7 Å². The van der Waals surface area contributed by atoms with Gasteiger partial charge in [0.1, 0.15) is 5.75 Å². The van der Waals surface area contributed by atoms with E-state index in [4.69, 9.17) is 14.6 Å². The van der Waals surface area contributed by atoms with Crippen LogP contribution in [0.25, 0.3) is 0 Å². The van der Waals surface area contributed by atoms with Crippen molar-refractivity contribution in [2.24, 2.45) is 0 Å². The summed E-state index contributed by atoms with van der Waals surface area (Å²) < 4.78 is 24.0. The van der Waals surface area contributed by atoms with Gasteiger partial charge in [0.2, 0.25) is 0 Å². The highest BCUT2D eigenvalue weighted by Crippen LogP contribution is 2.27. The molecule has 2 aromatic carbocycles. The molecule has 0 saturated carbocycles. The maximum absolute atomic E-state index is 13.9. The van der Waals surface area contributed by atoms with Gasteiger partial charge in [-0.1, -0.05) is 0 Å². The number of hydrogen-bond donors (Lipinski definition) is 1. The number of nitrogens with zero attached hydrogens (tertiary/aromatic N) is 1. The highest BCUT2D eigenvalue weighted by atomic mass is 19.1. The number of ether oxygens (including phenoxy) is 2. The number of carboxylic acid groups (broad SMARTS) is 1. The van der Waals surface area contributed by atoms with Crippen LogP contribution < -0.4 is 14.4 Å². The van der Waals surface area contributed by atoms with Gasteiger partial charge in [-0.3, -0.25) is 4.79 Å². The van der Waals surface area contributed by atoms with Crippen molar-refractivity contribution in [2.75, 3.05) is 25.7 Å². The van der Waals surface area contributed by atoms with E-state index >= 15 is 0 Å². The molecule has 0 saturated heterocycles. The van der Waals surface area contributed by atoms with E-state index in [1.54, 1.807) is 39.1 Å². The van der Waals surface area contributed by atoms with E-state index in [1.165, 1.54) is 24.1 Å². The van der Waals surface area contributed by atoms with Gasteiger partial charge >= 0.3 is 5.97 Å². The van der Waals surface area contributed by atoms with Crippen LogP contribution in [0.15, 0.2) is 30.3 Å². The Hall–Kier alpha value is -3.09. The van der Waals surface area contributed by atoms with Crippen molar-refractivity contribution in [2.45, 2.75) is 13.8 Å². The molecule has 7 heteroatoms. The third-order valence-corrected chi connectivity index (χ3v) is 3.87. The zero-order valence-corrected chi connectivity index (χ0v) is 15.0. The first kappa shape index (κ1) is 19.2. The van der Waals surface area contributed by atoms with E-state index in [-0.39, 0.29) is 11.7 Å². The zero-order valence-electron chi connectivity index (χ0n) is 15.0. The Kier molecular flexibility index (Phi) is 5.82. The summed E-state index contributed by atoms with van der Waals surface area (Å²) in [5, 5.41) is 8.73. The summed E-state index contributed by atoms with van der Waals surface area (Å²) >= 11 is 0. The van der Waals surface area contributed by atoms with Gasteiger partial charge in [0.25, 0.3) is 5.91 Å². The lowest BCUT2D eigenvalue weighted by molar-refractivity contribution is -0.139. The number of aliphatic carboxylic acids is 1. The van der Waals surface area contributed by atoms with Crippen LogP contribution in [0.1, 0.15) is 21.5 Å². The van der Waals surface area contributed by atoms with Gasteiger partial charge in [0, 0.05) is 24.4 Å². The van der Waals surface area contributed by atoms with Crippen LogP contribution in [0.3, 0.4) is 0 Å². The standard InChI is InChI=1S/C19H20FNO5/c1-11-7-13(8-12(2)18(11)26-10-17(22)23)19(24)21(3)14-5-6-16(25-4)15(20)9-14/h5-9H,10H2,1-4H3,(H,22,23). The molecule has 6 nitrogen and oxygen atoms in total. The molecule has 0 atom stereocenters. The van der Waals surface area contributed by atoms with Crippen LogP contribution >= 0.6 is 0 Å². The van der Waals surface area contributed by atoms with Crippen LogP contribution in [0.4, 0.5) is 10.1 Å². The van der Waals surface area contributed by atoms with Crippen molar-refractivity contribution in [1.82, 2.24) is 0 Å². The van der Waals surface area contributed by atoms with Gasteiger partial charge in [0.05, 0.1) is 7.11 Å². The number of amides is 1. The van der Waals surface area contributed by atoms with E-state index in [1.807, 2.05) is 0 Å². The van der Waals surface area contributed by atoms with E-state index in [0.29, 0.717) is 28.1 Å². The smallest absolute Gasteiger partial charge is 0.341 e. The summed E-state index contributed by atoms with van der Waals surface area (Å²) in [6.45, 7) is 3.00. The Morgan fingerprint density at radius 3 is 2.27 bits per heavy atom. The second kappa shape index (κ2) is 7.86. The van der Waals surface area contributed by atoms with E-state index in [2.05, 4.69) is 0 Å². The second-order valence-corrected chi connectivity index (χ2v) is 5.80. The molecule has 0 aliphatic carbocycles. The summed E-state index contributed by atoms with van der Waals surface area (Å²) in [6, 6.07) is 7.49. The first-order chi connectivity index (χ1) is 12.2. The normalized spacial score (nSPS) is 10.3. The number of halogens is 1. The van der Waals surface area contributed by atoms with Crippen LogP contribution in [-0.2, 0) is 4.79 Å². The number of hydrogen-bond acceptors (Lipinski definition) is 4. The van der Waals surface area contributed by atoms with E-state index in [0.717, 1.165) is 0 Å². The number of rotatable bonds is 6. The molecule has 0 fully saturated rings. The third-order valence-electron chi connectivity index (χ3n) is 3.87. The molecule has 0 unspecified atom stereocenters. The van der Waals surface area contributed by atoms with E-state index in [9.17, 15) is 14.0 Å². The second-order valence-electron chi connectivity index (χ2n) is 5.80. The molecule has 0 heterocycles. The summed E-state index contributed by atoms with van der Waals surface area (Å²) in [4.78, 5) is 24.7.